The quantitative estimate of drug-likeness (QED) is 0.519. The summed E-state index contributed by atoms with van der Waals surface area (Å²) in [5.41, 5.74) is 8.75. The highest BCUT2D eigenvalue weighted by molar-refractivity contribution is 6.15. The van der Waals surface area contributed by atoms with E-state index in [0.29, 0.717) is 0 Å². The van der Waals surface area contributed by atoms with Gasteiger partial charge in [-0.05, 0) is 70.3 Å². The van der Waals surface area contributed by atoms with E-state index in [9.17, 15) is 5.11 Å². The molecule has 3 aromatic rings. The van der Waals surface area contributed by atoms with Crippen LogP contribution in [0.4, 0.5) is 0 Å². The van der Waals surface area contributed by atoms with Crippen LogP contribution in [0.2, 0.25) is 0 Å². The van der Waals surface area contributed by atoms with E-state index in [-0.39, 0.29) is 11.8 Å². The van der Waals surface area contributed by atoms with Crippen LogP contribution in [0.15, 0.2) is 47.5 Å². The maximum absolute atomic E-state index is 9.60. The van der Waals surface area contributed by atoms with Gasteiger partial charge >= 0.3 is 0 Å². The number of methoxy groups -OCH3 is 1. The number of phenolic OH excluding ortho intramolecular Hbond substituents is 1. The summed E-state index contributed by atoms with van der Waals surface area (Å²) >= 11 is 0. The molecule has 1 aliphatic heterocycles. The molecule has 33 heavy (non-hydrogen) atoms. The molecular formula is C24H32N6O3. The molecule has 176 valence electrons. The number of likely N-dealkylation sites (N-methyl/N-ethyl adjacent to an activating group) is 1. The summed E-state index contributed by atoms with van der Waals surface area (Å²) in [5.74, 6) is 2.60. The van der Waals surface area contributed by atoms with E-state index in [4.69, 9.17) is 20.3 Å². The summed E-state index contributed by atoms with van der Waals surface area (Å²) in [4.78, 5) is 13.7. The van der Waals surface area contributed by atoms with Crippen LogP contribution in [-0.4, -0.2) is 59.1 Å². The van der Waals surface area contributed by atoms with E-state index in [1.54, 1.807) is 19.2 Å². The van der Waals surface area contributed by atoms with Crippen LogP contribution in [0, 0.1) is 6.92 Å². The Morgan fingerprint density at radius 3 is 2.42 bits per heavy atom. The molecule has 1 aliphatic rings. The molecule has 0 saturated heterocycles. The first kappa shape index (κ1) is 25.7. The van der Waals surface area contributed by atoms with Crippen molar-refractivity contribution in [2.24, 2.45) is 10.7 Å². The van der Waals surface area contributed by atoms with Gasteiger partial charge in [0.2, 0.25) is 0 Å². The number of aromatic hydroxyl groups is 1. The number of hydrogen-bond donors (Lipinski definition) is 3. The van der Waals surface area contributed by atoms with Crippen LogP contribution < -0.4 is 15.8 Å². The molecule has 0 bridgehead atoms. The Morgan fingerprint density at radius 1 is 1.21 bits per heavy atom. The minimum absolute atomic E-state index is 0.150. The maximum atomic E-state index is 9.60. The van der Waals surface area contributed by atoms with Crippen molar-refractivity contribution in [3.63, 3.8) is 0 Å². The van der Waals surface area contributed by atoms with Gasteiger partial charge in [0.05, 0.1) is 18.5 Å². The zero-order valence-corrected chi connectivity index (χ0v) is 19.7. The highest BCUT2D eigenvalue weighted by atomic mass is 16.5. The number of nitrogens with zero attached hydrogens (tertiary/aromatic N) is 4. The topological polar surface area (TPSA) is 128 Å². The number of nitrogens with one attached hydrogen (secondary N) is 1. The Labute approximate surface area is 194 Å². The Bertz CT molecular complexity index is 1070. The number of aryl methyl sites for hydroxylation is 1. The fraction of sp³-hybridized carbons (Fsp3) is 0.333. The van der Waals surface area contributed by atoms with Gasteiger partial charge in [0, 0.05) is 24.2 Å². The molecule has 0 amide bonds. The largest absolute Gasteiger partial charge is 0.508 e. The number of hydrogen-bond acceptors (Lipinski definition) is 8. The summed E-state index contributed by atoms with van der Waals surface area (Å²) in [6, 6.07) is 12.8. The third-order valence-electron chi connectivity index (χ3n) is 4.78. The number of carbonyl (C=O) groups excluding carboxylic acids is 1. The molecule has 2 aromatic carbocycles. The molecule has 4 rings (SSSR count). The van der Waals surface area contributed by atoms with Gasteiger partial charge in [0.25, 0.3) is 0 Å². The molecule has 1 aromatic heterocycles. The van der Waals surface area contributed by atoms with Crippen molar-refractivity contribution in [2.75, 3.05) is 27.2 Å². The first-order chi connectivity index (χ1) is 15.9. The second-order valence-corrected chi connectivity index (χ2v) is 7.15. The molecule has 0 radical (unpaired) electrons. The van der Waals surface area contributed by atoms with Crippen molar-refractivity contribution >= 4 is 12.0 Å². The minimum atomic E-state index is -0.150. The van der Waals surface area contributed by atoms with Crippen LogP contribution in [0.3, 0.4) is 0 Å². The van der Waals surface area contributed by atoms with E-state index in [1.165, 1.54) is 6.92 Å². The van der Waals surface area contributed by atoms with Crippen molar-refractivity contribution in [1.82, 2.24) is 20.1 Å². The van der Waals surface area contributed by atoms with E-state index >= 15 is 0 Å². The van der Waals surface area contributed by atoms with Crippen LogP contribution in [0.1, 0.15) is 42.7 Å². The molecule has 1 atom stereocenters. The number of ether oxygens (including phenoxy) is 1. The Kier molecular flexibility index (Phi) is 9.71. The molecular weight excluding hydrogens is 420 g/mol. The van der Waals surface area contributed by atoms with Gasteiger partial charge in [-0.15, -0.1) is 10.2 Å². The van der Waals surface area contributed by atoms with Crippen LogP contribution >= 0.6 is 0 Å². The second kappa shape index (κ2) is 12.5. The predicted molar refractivity (Wildman–Crippen MR) is 130 cm³/mol. The number of nitrogens with two attached hydrogens (primary N) is 1. The van der Waals surface area contributed by atoms with Gasteiger partial charge in [-0.25, -0.2) is 0 Å². The fourth-order valence-corrected chi connectivity index (χ4v) is 3.29. The standard InChI is InChI=1S/C19H18N4O2.C3H10N2.C2H4O/c1-11-19-22-21-12(2)23(19)17-9-8-15(25-3)10-16(17)18(20-11)13-4-6-14(24)7-5-13;1-5-3-2-4;1-2-3/h4-11,24H,1-3H3;5H,2-4H2,1H3;2H,1H3. The molecule has 9 heteroatoms. The van der Waals surface area contributed by atoms with Crippen molar-refractivity contribution in [1.29, 1.82) is 0 Å². The van der Waals surface area contributed by atoms with Gasteiger partial charge in [0.1, 0.15) is 29.7 Å². The molecule has 2 heterocycles. The Balaban J connectivity index is 0.000000420. The number of aldehydes is 1. The van der Waals surface area contributed by atoms with Gasteiger partial charge in [0.15, 0.2) is 5.82 Å². The summed E-state index contributed by atoms with van der Waals surface area (Å²) < 4.78 is 7.45. The smallest absolute Gasteiger partial charge is 0.162 e. The van der Waals surface area contributed by atoms with Crippen molar-refractivity contribution in [2.45, 2.75) is 26.8 Å². The van der Waals surface area contributed by atoms with Crippen molar-refractivity contribution in [3.05, 3.63) is 65.2 Å². The van der Waals surface area contributed by atoms with Crippen LogP contribution in [0.5, 0.6) is 11.5 Å². The number of phenols is 1. The number of fused-ring (bicyclic) bond motifs is 3. The molecule has 4 N–H and O–H groups in total. The van der Waals surface area contributed by atoms with Crippen LogP contribution in [0.25, 0.3) is 5.69 Å². The lowest BCUT2D eigenvalue weighted by molar-refractivity contribution is -0.106. The van der Waals surface area contributed by atoms with E-state index in [2.05, 4.69) is 15.5 Å². The highest BCUT2D eigenvalue weighted by Gasteiger charge is 2.26. The molecule has 9 nitrogen and oxygen atoms in total. The fourth-order valence-electron chi connectivity index (χ4n) is 3.29. The van der Waals surface area contributed by atoms with Gasteiger partial charge in [-0.3, -0.25) is 9.56 Å². The molecule has 0 saturated carbocycles. The number of aromatic nitrogens is 3. The van der Waals surface area contributed by atoms with E-state index in [0.717, 1.165) is 59.3 Å². The van der Waals surface area contributed by atoms with Gasteiger partial charge in [-0.1, -0.05) is 0 Å². The average Bonchev–Trinajstić information content (AvgIpc) is 3.15. The lowest BCUT2D eigenvalue weighted by Gasteiger charge is -2.14. The zero-order valence-electron chi connectivity index (χ0n) is 19.7. The lowest BCUT2D eigenvalue weighted by atomic mass is 10.00. The Morgan fingerprint density at radius 2 is 1.88 bits per heavy atom. The van der Waals surface area contributed by atoms with E-state index in [1.807, 2.05) is 55.8 Å². The third-order valence-corrected chi connectivity index (χ3v) is 4.78. The number of aliphatic imine (C=N–C) groups is 1. The Hall–Kier alpha value is -3.56. The summed E-state index contributed by atoms with van der Waals surface area (Å²) in [7, 11) is 3.53. The maximum Gasteiger partial charge on any atom is 0.162 e. The van der Waals surface area contributed by atoms with Crippen LogP contribution in [-0.2, 0) is 4.79 Å². The third kappa shape index (κ3) is 6.24. The summed E-state index contributed by atoms with van der Waals surface area (Å²) in [6.45, 7) is 7.03. The lowest BCUT2D eigenvalue weighted by Crippen LogP contribution is -2.17. The monoisotopic (exact) mass is 452 g/mol. The SMILES string of the molecule is CC=O.CNCCN.COc1ccc2c(c1)C(c1ccc(O)cc1)=NC(C)c1nnc(C)n1-2. The van der Waals surface area contributed by atoms with Gasteiger partial charge in [-0.2, -0.15) is 0 Å². The summed E-state index contributed by atoms with van der Waals surface area (Å²) in [6.07, 6.45) is 0.750. The minimum Gasteiger partial charge on any atom is -0.508 e. The highest BCUT2D eigenvalue weighted by Crippen LogP contribution is 2.32. The molecule has 1 unspecified atom stereocenters. The van der Waals surface area contributed by atoms with E-state index < -0.39 is 0 Å². The number of benzene rings is 2. The normalized spacial score (nSPS) is 13.6. The zero-order chi connectivity index (χ0) is 24.4. The molecule has 0 spiro atoms. The molecule has 0 aliphatic carbocycles. The van der Waals surface area contributed by atoms with Crippen molar-refractivity contribution < 1.29 is 14.6 Å². The predicted octanol–water partition coefficient (Wildman–Crippen LogP) is 2.57. The average molecular weight is 453 g/mol. The summed E-state index contributed by atoms with van der Waals surface area (Å²) in [5, 5.41) is 21.0. The van der Waals surface area contributed by atoms with Crippen molar-refractivity contribution in [3.8, 4) is 17.2 Å². The first-order valence-electron chi connectivity index (χ1n) is 10.6. The molecule has 0 fully saturated rings. The van der Waals surface area contributed by atoms with Gasteiger partial charge < -0.3 is 25.7 Å². The first-order valence-corrected chi connectivity index (χ1v) is 10.6. The number of rotatable bonds is 4. The second-order valence-electron chi connectivity index (χ2n) is 7.15. The number of carbonyl (C=O) groups is 1.